The van der Waals surface area contributed by atoms with E-state index in [-0.39, 0.29) is 0 Å². The number of halogens is 1. The number of pyridine rings is 2. The largest absolute Gasteiger partial charge is 0.336 e. The molecule has 98 valence electrons. The number of thiazole rings is 1. The van der Waals surface area contributed by atoms with Gasteiger partial charge in [0.25, 0.3) is 0 Å². The van der Waals surface area contributed by atoms with Crippen LogP contribution in [0.2, 0.25) is 0 Å². The second-order valence-corrected chi connectivity index (χ2v) is 5.52. The average molecular weight is 284 g/mol. The Morgan fingerprint density at radius 3 is 3.00 bits per heavy atom. The Morgan fingerprint density at radius 1 is 1.20 bits per heavy atom. The first kappa shape index (κ1) is 11.5. The predicted molar refractivity (Wildman–Crippen MR) is 77.1 cm³/mol. The fraction of sp³-hybridized carbons (Fsp3) is 0.0714. The molecule has 0 amide bonds. The molecule has 0 aliphatic carbocycles. The average Bonchev–Trinajstić information content (AvgIpc) is 3.02. The molecule has 0 aliphatic rings. The summed E-state index contributed by atoms with van der Waals surface area (Å²) >= 11 is 1.37. The minimum atomic E-state index is -0.482. The summed E-state index contributed by atoms with van der Waals surface area (Å²) < 4.78 is 15.1. The Balaban J connectivity index is 1.91. The highest BCUT2D eigenvalue weighted by Crippen LogP contribution is 2.30. The molecule has 4 heterocycles. The van der Waals surface area contributed by atoms with Crippen molar-refractivity contribution in [2.24, 2.45) is 7.05 Å². The Bertz CT molecular complexity index is 941. The Kier molecular flexibility index (Phi) is 2.34. The number of hydrogen-bond acceptors (Lipinski definition) is 4. The molecule has 20 heavy (non-hydrogen) atoms. The van der Waals surface area contributed by atoms with Crippen molar-refractivity contribution >= 4 is 32.7 Å². The van der Waals surface area contributed by atoms with Gasteiger partial charge in [0, 0.05) is 30.4 Å². The number of hydrogen-bond donors (Lipinski definition) is 0. The molecule has 0 radical (unpaired) electrons. The lowest BCUT2D eigenvalue weighted by Gasteiger charge is -1.97. The van der Waals surface area contributed by atoms with Crippen molar-refractivity contribution in [1.82, 2.24) is 19.5 Å². The van der Waals surface area contributed by atoms with Crippen molar-refractivity contribution < 1.29 is 4.39 Å². The van der Waals surface area contributed by atoms with E-state index >= 15 is 0 Å². The van der Waals surface area contributed by atoms with Crippen LogP contribution in [0, 0.1) is 5.95 Å². The van der Waals surface area contributed by atoms with Crippen LogP contribution in [0.5, 0.6) is 0 Å². The number of rotatable bonds is 1. The van der Waals surface area contributed by atoms with Crippen molar-refractivity contribution in [2.45, 2.75) is 0 Å². The Morgan fingerprint density at radius 2 is 2.10 bits per heavy atom. The smallest absolute Gasteiger partial charge is 0.214 e. The van der Waals surface area contributed by atoms with E-state index in [1.165, 1.54) is 17.4 Å². The third kappa shape index (κ3) is 1.69. The minimum Gasteiger partial charge on any atom is -0.336 e. The second kappa shape index (κ2) is 4.08. The topological polar surface area (TPSA) is 43.6 Å². The van der Waals surface area contributed by atoms with Crippen molar-refractivity contribution in [3.8, 4) is 10.6 Å². The molecule has 0 N–H and O–H groups in total. The molecular formula is C14H9FN4S. The van der Waals surface area contributed by atoms with Crippen molar-refractivity contribution in [3.63, 3.8) is 0 Å². The van der Waals surface area contributed by atoms with Crippen molar-refractivity contribution in [2.75, 3.05) is 0 Å². The van der Waals surface area contributed by atoms with E-state index in [0.717, 1.165) is 21.6 Å². The van der Waals surface area contributed by atoms with Crippen LogP contribution in [0.1, 0.15) is 0 Å². The molecule has 0 atom stereocenters. The lowest BCUT2D eigenvalue weighted by Crippen LogP contribution is -1.87. The lowest BCUT2D eigenvalue weighted by atomic mass is 10.2. The lowest BCUT2D eigenvalue weighted by molar-refractivity contribution is 0.589. The zero-order chi connectivity index (χ0) is 13.7. The maximum atomic E-state index is 13.1. The van der Waals surface area contributed by atoms with Crippen LogP contribution in [0.15, 0.2) is 36.7 Å². The van der Waals surface area contributed by atoms with E-state index < -0.39 is 5.95 Å². The summed E-state index contributed by atoms with van der Waals surface area (Å²) in [5.74, 6) is -0.482. The molecule has 4 rings (SSSR count). The molecule has 0 saturated heterocycles. The molecular weight excluding hydrogens is 275 g/mol. The summed E-state index contributed by atoms with van der Waals surface area (Å²) in [4.78, 5) is 13.4. The monoisotopic (exact) mass is 284 g/mol. The first-order valence-corrected chi connectivity index (χ1v) is 6.87. The minimum absolute atomic E-state index is 0.482. The summed E-state index contributed by atoms with van der Waals surface area (Å²) in [6.45, 7) is 0. The van der Waals surface area contributed by atoms with E-state index in [2.05, 4.69) is 15.0 Å². The van der Waals surface area contributed by atoms with Crippen LogP contribution in [-0.4, -0.2) is 19.5 Å². The molecule has 6 heteroatoms. The summed E-state index contributed by atoms with van der Waals surface area (Å²) in [7, 11) is 1.96. The molecule has 0 bridgehead atoms. The molecule has 0 fully saturated rings. The molecule has 0 saturated carbocycles. The molecule has 0 aliphatic heterocycles. The standard InChI is InChI=1S/C14H9FN4S/c1-19-5-4-8-6-9(7-16-12(8)19)13-17-10-2-3-11(15)18-14(10)20-13/h2-7H,1H3. The second-order valence-electron chi connectivity index (χ2n) is 4.54. The van der Waals surface area contributed by atoms with Crippen molar-refractivity contribution in [1.29, 1.82) is 0 Å². The van der Waals surface area contributed by atoms with Crippen molar-refractivity contribution in [3.05, 3.63) is 42.6 Å². The fourth-order valence-electron chi connectivity index (χ4n) is 2.19. The SMILES string of the molecule is Cn1ccc2cc(-c3nc4ccc(F)nc4s3)cnc21. The molecule has 0 aromatic carbocycles. The molecule has 0 unspecified atom stereocenters. The van der Waals surface area contributed by atoms with E-state index in [4.69, 9.17) is 0 Å². The first-order chi connectivity index (χ1) is 9.70. The number of nitrogens with zero attached hydrogens (tertiary/aromatic N) is 4. The third-order valence-electron chi connectivity index (χ3n) is 3.18. The van der Waals surface area contributed by atoms with Crippen LogP contribution in [-0.2, 0) is 7.05 Å². The van der Waals surface area contributed by atoms with Gasteiger partial charge < -0.3 is 4.57 Å². The Labute approximate surface area is 117 Å². The van der Waals surface area contributed by atoms with E-state index in [9.17, 15) is 4.39 Å². The summed E-state index contributed by atoms with van der Waals surface area (Å²) in [5, 5.41) is 1.86. The third-order valence-corrected chi connectivity index (χ3v) is 4.19. The van der Waals surface area contributed by atoms with Gasteiger partial charge in [-0.1, -0.05) is 11.3 Å². The van der Waals surface area contributed by atoms with Gasteiger partial charge in [-0.05, 0) is 24.3 Å². The van der Waals surface area contributed by atoms with Crippen LogP contribution < -0.4 is 0 Å². The first-order valence-electron chi connectivity index (χ1n) is 6.05. The van der Waals surface area contributed by atoms with Gasteiger partial charge in [0.15, 0.2) is 0 Å². The summed E-state index contributed by atoms with van der Waals surface area (Å²) in [5.41, 5.74) is 2.56. The maximum Gasteiger partial charge on any atom is 0.214 e. The van der Waals surface area contributed by atoms with E-state index in [1.54, 1.807) is 12.3 Å². The van der Waals surface area contributed by atoms with Gasteiger partial charge >= 0.3 is 0 Å². The number of aromatic nitrogens is 4. The highest BCUT2D eigenvalue weighted by Gasteiger charge is 2.10. The van der Waals surface area contributed by atoms with Gasteiger partial charge in [-0.2, -0.15) is 4.39 Å². The molecule has 4 aromatic heterocycles. The normalized spacial score (nSPS) is 11.5. The highest BCUT2D eigenvalue weighted by atomic mass is 32.1. The number of aryl methyl sites for hydroxylation is 1. The predicted octanol–water partition coefficient (Wildman–Crippen LogP) is 3.38. The maximum absolute atomic E-state index is 13.1. The zero-order valence-corrected chi connectivity index (χ0v) is 11.4. The fourth-order valence-corrected chi connectivity index (χ4v) is 3.10. The van der Waals surface area contributed by atoms with Gasteiger partial charge in [-0.25, -0.2) is 15.0 Å². The van der Waals surface area contributed by atoms with E-state index in [0.29, 0.717) is 10.3 Å². The van der Waals surface area contributed by atoms with Crippen LogP contribution in [0.25, 0.3) is 32.0 Å². The van der Waals surface area contributed by atoms with Crippen LogP contribution in [0.4, 0.5) is 4.39 Å². The van der Waals surface area contributed by atoms with Gasteiger partial charge in [0.2, 0.25) is 5.95 Å². The Hall–Kier alpha value is -2.34. The van der Waals surface area contributed by atoms with Crippen LogP contribution >= 0.6 is 11.3 Å². The van der Waals surface area contributed by atoms with Gasteiger partial charge in [0.05, 0.1) is 0 Å². The van der Waals surface area contributed by atoms with Gasteiger partial charge in [0.1, 0.15) is 21.0 Å². The molecule has 4 nitrogen and oxygen atoms in total. The van der Waals surface area contributed by atoms with E-state index in [1.807, 2.05) is 29.9 Å². The quantitative estimate of drug-likeness (QED) is 0.503. The molecule has 0 spiro atoms. The number of fused-ring (bicyclic) bond motifs is 2. The van der Waals surface area contributed by atoms with Gasteiger partial charge in [-0.15, -0.1) is 0 Å². The van der Waals surface area contributed by atoms with Crippen LogP contribution in [0.3, 0.4) is 0 Å². The zero-order valence-electron chi connectivity index (χ0n) is 10.5. The summed E-state index contributed by atoms with van der Waals surface area (Å²) in [6, 6.07) is 7.02. The summed E-state index contributed by atoms with van der Waals surface area (Å²) in [6.07, 6.45) is 3.76. The molecule has 4 aromatic rings. The highest BCUT2D eigenvalue weighted by molar-refractivity contribution is 7.21. The van der Waals surface area contributed by atoms with Gasteiger partial charge in [-0.3, -0.25) is 0 Å².